The molecule has 3 atom stereocenters. The predicted octanol–water partition coefficient (Wildman–Crippen LogP) is 3.01. The van der Waals surface area contributed by atoms with Crippen LogP contribution in [0.3, 0.4) is 0 Å². The lowest BCUT2D eigenvalue weighted by molar-refractivity contribution is -0.153. The number of aryl methyl sites for hydroxylation is 1. The molecule has 1 amide bonds. The van der Waals surface area contributed by atoms with Gasteiger partial charge in [-0.3, -0.25) is 4.79 Å². The predicted molar refractivity (Wildman–Crippen MR) is 116 cm³/mol. The Morgan fingerprint density at radius 2 is 1.74 bits per heavy atom. The molecule has 168 valence electrons. The van der Waals surface area contributed by atoms with E-state index >= 15 is 0 Å². The number of hydrogen-bond donors (Lipinski definition) is 1. The van der Waals surface area contributed by atoms with Crippen LogP contribution in [0.4, 0.5) is 0 Å². The summed E-state index contributed by atoms with van der Waals surface area (Å²) in [6, 6.07) is 19.3. The Morgan fingerprint density at radius 1 is 1.06 bits per heavy atom. The normalized spacial score (nSPS) is 21.4. The number of nitrogens with one attached hydrogen (secondary N) is 1. The second-order valence-electron chi connectivity index (χ2n) is 7.25. The fourth-order valence-corrected chi connectivity index (χ4v) is 2.88. The number of ether oxygens (including phenoxy) is 4. The molecular weight excluding hydrogens is 398 g/mol. The lowest BCUT2D eigenvalue weighted by Crippen LogP contribution is -2.41. The Bertz CT molecular complexity index is 755. The van der Waals surface area contributed by atoms with E-state index in [1.54, 1.807) is 6.92 Å². The molecule has 1 saturated heterocycles. The number of benzene rings is 2. The lowest BCUT2D eigenvalue weighted by Gasteiger charge is -2.20. The zero-order chi connectivity index (χ0) is 22.3. The van der Waals surface area contributed by atoms with Gasteiger partial charge < -0.3 is 24.3 Å². The molecular formula is C24H31NO6. The largest absolute Gasteiger partial charge is 0.461 e. The Labute approximate surface area is 183 Å². The topological polar surface area (TPSA) is 83.1 Å². The third-order valence-corrected chi connectivity index (χ3v) is 4.49. The van der Waals surface area contributed by atoms with E-state index in [4.69, 9.17) is 18.9 Å². The second kappa shape index (κ2) is 14.3. The van der Waals surface area contributed by atoms with Crippen molar-refractivity contribution in [3.05, 3.63) is 71.8 Å². The Kier molecular flexibility index (Phi) is 11.3. The average Bonchev–Trinajstić information content (AvgIpc) is 2.83. The minimum atomic E-state index is -0.793. The van der Waals surface area contributed by atoms with Crippen molar-refractivity contribution in [3.63, 3.8) is 0 Å². The molecule has 2 aromatic carbocycles. The molecule has 0 radical (unpaired) electrons. The summed E-state index contributed by atoms with van der Waals surface area (Å²) in [5.41, 5.74) is 2.39. The van der Waals surface area contributed by atoms with E-state index < -0.39 is 12.0 Å². The highest BCUT2D eigenvalue weighted by atomic mass is 16.7. The van der Waals surface area contributed by atoms with Gasteiger partial charge in [0.15, 0.2) is 6.04 Å². The number of carbonyl (C=O) groups is 2. The van der Waals surface area contributed by atoms with Crippen LogP contribution in [0.1, 0.15) is 24.5 Å². The number of cyclic esters (lactones) is 1. The molecule has 1 fully saturated rings. The molecule has 0 aliphatic carbocycles. The second-order valence-corrected chi connectivity index (χ2v) is 7.25. The van der Waals surface area contributed by atoms with Gasteiger partial charge in [-0.05, 0) is 19.4 Å². The third-order valence-electron chi connectivity index (χ3n) is 4.49. The van der Waals surface area contributed by atoms with Crippen molar-refractivity contribution >= 4 is 12.4 Å². The van der Waals surface area contributed by atoms with Crippen LogP contribution >= 0.6 is 0 Å². The molecule has 1 aliphatic rings. The van der Waals surface area contributed by atoms with E-state index in [1.807, 2.05) is 48.5 Å². The van der Waals surface area contributed by atoms with Gasteiger partial charge in [-0.15, -0.1) is 0 Å². The van der Waals surface area contributed by atoms with Crippen molar-refractivity contribution in [3.8, 4) is 0 Å². The summed E-state index contributed by atoms with van der Waals surface area (Å²) in [6.07, 6.45) is 0.366. The molecule has 0 saturated carbocycles. The van der Waals surface area contributed by atoms with Crippen LogP contribution in [0.2, 0.25) is 0 Å². The maximum Gasteiger partial charge on any atom is 0.331 e. The fourth-order valence-electron chi connectivity index (χ4n) is 2.88. The van der Waals surface area contributed by atoms with Crippen molar-refractivity contribution in [1.29, 1.82) is 0 Å². The molecule has 0 aromatic heterocycles. The summed E-state index contributed by atoms with van der Waals surface area (Å²) in [4.78, 5) is 22.4. The number of esters is 1. The molecule has 1 aliphatic heterocycles. The summed E-state index contributed by atoms with van der Waals surface area (Å²) < 4.78 is 21.9. The van der Waals surface area contributed by atoms with Crippen molar-refractivity contribution in [2.24, 2.45) is 0 Å². The van der Waals surface area contributed by atoms with E-state index in [9.17, 15) is 9.59 Å². The van der Waals surface area contributed by atoms with Crippen LogP contribution in [0.5, 0.6) is 0 Å². The maximum absolute atomic E-state index is 11.9. The van der Waals surface area contributed by atoms with Crippen LogP contribution in [0, 0.1) is 6.92 Å². The highest BCUT2D eigenvalue weighted by molar-refractivity contribution is 5.78. The fraction of sp³-hybridized carbons (Fsp3) is 0.417. The van der Waals surface area contributed by atoms with E-state index in [0.29, 0.717) is 26.0 Å². The van der Waals surface area contributed by atoms with Crippen molar-refractivity contribution < 1.29 is 28.5 Å². The molecule has 2 unspecified atom stereocenters. The first-order valence-electron chi connectivity index (χ1n) is 10.3. The van der Waals surface area contributed by atoms with Gasteiger partial charge in [0.2, 0.25) is 6.41 Å². The van der Waals surface area contributed by atoms with Gasteiger partial charge in [-0.25, -0.2) is 4.79 Å². The van der Waals surface area contributed by atoms with Crippen LogP contribution < -0.4 is 5.32 Å². The van der Waals surface area contributed by atoms with Crippen LogP contribution in [0.25, 0.3) is 0 Å². The first-order chi connectivity index (χ1) is 15.1. The average molecular weight is 430 g/mol. The van der Waals surface area contributed by atoms with Gasteiger partial charge in [0.25, 0.3) is 0 Å². The van der Waals surface area contributed by atoms with Crippen LogP contribution in [-0.4, -0.2) is 50.6 Å². The van der Waals surface area contributed by atoms with Gasteiger partial charge in [0.05, 0.1) is 25.9 Å². The SMILES string of the molecule is CC1CC(OCOCc2ccccc2)COC[C@H](NC=O)C(=O)O1.Cc1ccccc1. The molecule has 0 bridgehead atoms. The molecule has 0 spiro atoms. The summed E-state index contributed by atoms with van der Waals surface area (Å²) in [7, 11) is 0. The minimum absolute atomic E-state index is 0.0506. The molecule has 31 heavy (non-hydrogen) atoms. The Balaban J connectivity index is 0.000000412. The van der Waals surface area contributed by atoms with Gasteiger partial charge in [-0.2, -0.15) is 0 Å². The zero-order valence-electron chi connectivity index (χ0n) is 18.1. The smallest absolute Gasteiger partial charge is 0.331 e. The van der Waals surface area contributed by atoms with E-state index in [2.05, 4.69) is 24.4 Å². The molecule has 1 heterocycles. The van der Waals surface area contributed by atoms with Crippen molar-refractivity contribution in [2.45, 2.75) is 45.1 Å². The molecule has 2 aromatic rings. The maximum atomic E-state index is 11.9. The quantitative estimate of drug-likeness (QED) is 0.315. The highest BCUT2D eigenvalue weighted by Crippen LogP contribution is 2.12. The highest BCUT2D eigenvalue weighted by Gasteiger charge is 2.26. The lowest BCUT2D eigenvalue weighted by atomic mass is 10.2. The number of amides is 1. The number of carbonyl (C=O) groups excluding carboxylic acids is 2. The Morgan fingerprint density at radius 3 is 2.35 bits per heavy atom. The van der Waals surface area contributed by atoms with Crippen LogP contribution in [-0.2, 0) is 35.1 Å². The van der Waals surface area contributed by atoms with E-state index in [1.165, 1.54) is 5.56 Å². The Hall–Kier alpha value is -2.74. The first-order valence-corrected chi connectivity index (χ1v) is 10.3. The van der Waals surface area contributed by atoms with Gasteiger partial charge in [0, 0.05) is 6.42 Å². The van der Waals surface area contributed by atoms with E-state index in [-0.39, 0.29) is 25.6 Å². The van der Waals surface area contributed by atoms with Crippen molar-refractivity contribution in [1.82, 2.24) is 5.32 Å². The zero-order valence-corrected chi connectivity index (χ0v) is 18.1. The summed E-state index contributed by atoms with van der Waals surface area (Å²) >= 11 is 0. The third kappa shape index (κ3) is 10.2. The van der Waals surface area contributed by atoms with E-state index in [0.717, 1.165) is 5.56 Å². The van der Waals surface area contributed by atoms with Gasteiger partial charge in [-0.1, -0.05) is 66.2 Å². The number of hydrogen-bond acceptors (Lipinski definition) is 6. The van der Waals surface area contributed by atoms with Gasteiger partial charge in [0.1, 0.15) is 12.9 Å². The molecule has 3 rings (SSSR count). The molecule has 1 N–H and O–H groups in total. The summed E-state index contributed by atoms with van der Waals surface area (Å²) in [5, 5.41) is 2.39. The van der Waals surface area contributed by atoms with Gasteiger partial charge >= 0.3 is 5.97 Å². The summed E-state index contributed by atoms with van der Waals surface area (Å²) in [5.74, 6) is -0.504. The monoisotopic (exact) mass is 429 g/mol. The summed E-state index contributed by atoms with van der Waals surface area (Å²) in [6.45, 7) is 4.80. The number of rotatable bonds is 7. The first kappa shape index (κ1) is 24.5. The minimum Gasteiger partial charge on any atom is -0.461 e. The van der Waals surface area contributed by atoms with Crippen LogP contribution in [0.15, 0.2) is 60.7 Å². The standard InChI is InChI=1S/C17H23NO6.C7H8/c1-13-7-15(9-21-10-16(18-11-19)17(20)24-13)23-12-22-8-14-5-3-2-4-6-14;1-7-5-3-2-4-6-7/h2-6,11,13,15-16H,7-10,12H2,1H3,(H,18,19);2-6H,1H3/t13?,15?,16-;/m0./s1. The molecule has 7 heteroatoms. The molecule has 7 nitrogen and oxygen atoms in total. The van der Waals surface area contributed by atoms with Crippen molar-refractivity contribution in [2.75, 3.05) is 20.0 Å².